The number of aliphatic hydroxyl groups excluding tert-OH is 1. The smallest absolute Gasteiger partial charge is 0.253 e. The number of oxazole rings is 1. The zero-order valence-corrected chi connectivity index (χ0v) is 15.0. The molecule has 1 atom stereocenters. The molecule has 2 aromatic carbocycles. The number of rotatable bonds is 4. The fourth-order valence-electron chi connectivity index (χ4n) is 3.66. The minimum atomic E-state index is -0.468. The van der Waals surface area contributed by atoms with E-state index >= 15 is 0 Å². The van der Waals surface area contributed by atoms with Crippen LogP contribution in [0.2, 0.25) is 0 Å². The van der Waals surface area contributed by atoms with E-state index in [0.29, 0.717) is 24.4 Å². The molecule has 0 unspecified atom stereocenters. The van der Waals surface area contributed by atoms with Crippen LogP contribution in [0, 0.1) is 5.92 Å². The number of amides is 1. The van der Waals surface area contributed by atoms with Crippen LogP contribution < -0.4 is 0 Å². The molecule has 27 heavy (non-hydrogen) atoms. The highest BCUT2D eigenvalue weighted by molar-refractivity contribution is 5.94. The van der Waals surface area contributed by atoms with Crippen molar-refractivity contribution in [3.05, 3.63) is 78.3 Å². The second-order valence-corrected chi connectivity index (χ2v) is 6.93. The number of hydrogen-bond donors (Lipinski definition) is 1. The highest BCUT2D eigenvalue weighted by Gasteiger charge is 2.28. The van der Waals surface area contributed by atoms with Crippen LogP contribution in [0.15, 0.2) is 71.6 Å². The maximum Gasteiger partial charge on any atom is 0.253 e. The van der Waals surface area contributed by atoms with Crippen molar-refractivity contribution in [3.8, 4) is 11.3 Å². The van der Waals surface area contributed by atoms with Crippen LogP contribution in [0.3, 0.4) is 0 Å². The first-order valence-electron chi connectivity index (χ1n) is 9.23. The monoisotopic (exact) mass is 362 g/mol. The van der Waals surface area contributed by atoms with Crippen molar-refractivity contribution in [2.75, 3.05) is 13.1 Å². The van der Waals surface area contributed by atoms with Crippen molar-refractivity contribution in [3.63, 3.8) is 0 Å². The Morgan fingerprint density at radius 3 is 2.41 bits per heavy atom. The quantitative estimate of drug-likeness (QED) is 0.764. The second kappa shape index (κ2) is 7.76. The van der Waals surface area contributed by atoms with Crippen molar-refractivity contribution in [1.29, 1.82) is 0 Å². The third-order valence-electron chi connectivity index (χ3n) is 5.26. The Labute approximate surface area is 158 Å². The van der Waals surface area contributed by atoms with Crippen molar-refractivity contribution in [2.45, 2.75) is 18.9 Å². The fraction of sp³-hybridized carbons (Fsp3) is 0.273. The molecule has 1 aromatic heterocycles. The average molecular weight is 362 g/mol. The van der Waals surface area contributed by atoms with E-state index in [-0.39, 0.29) is 11.8 Å². The first-order chi connectivity index (χ1) is 13.2. The molecule has 1 fully saturated rings. The van der Waals surface area contributed by atoms with Gasteiger partial charge in [-0.25, -0.2) is 4.98 Å². The molecule has 1 N–H and O–H groups in total. The van der Waals surface area contributed by atoms with Gasteiger partial charge in [0.05, 0.1) is 12.3 Å². The molecule has 4 rings (SSSR count). The Balaban J connectivity index is 1.37. The number of benzene rings is 2. The van der Waals surface area contributed by atoms with Gasteiger partial charge in [0, 0.05) is 24.2 Å². The Morgan fingerprint density at radius 2 is 1.78 bits per heavy atom. The summed E-state index contributed by atoms with van der Waals surface area (Å²) in [4.78, 5) is 18.6. The van der Waals surface area contributed by atoms with E-state index in [1.165, 1.54) is 6.39 Å². The van der Waals surface area contributed by atoms with E-state index in [1.807, 2.05) is 59.5 Å². The lowest BCUT2D eigenvalue weighted by Crippen LogP contribution is -2.39. The SMILES string of the molecule is O=C(c1ccc(-c2cnco2)cc1)N1CCC([C@H](O)c2ccccc2)CC1. The Morgan fingerprint density at radius 1 is 1.07 bits per heavy atom. The van der Waals surface area contributed by atoms with Gasteiger partial charge >= 0.3 is 0 Å². The highest BCUT2D eigenvalue weighted by atomic mass is 16.3. The number of likely N-dealkylation sites (tertiary alicyclic amines) is 1. The van der Waals surface area contributed by atoms with Crippen molar-refractivity contribution >= 4 is 5.91 Å². The van der Waals surface area contributed by atoms with Crippen molar-refractivity contribution in [2.24, 2.45) is 5.92 Å². The van der Waals surface area contributed by atoms with Crippen LogP contribution in [-0.4, -0.2) is 34.0 Å². The van der Waals surface area contributed by atoms with Crippen LogP contribution in [0.1, 0.15) is 34.9 Å². The summed E-state index contributed by atoms with van der Waals surface area (Å²) in [6.07, 6.45) is 4.18. The van der Waals surface area contributed by atoms with Crippen LogP contribution in [0.5, 0.6) is 0 Å². The van der Waals surface area contributed by atoms with E-state index in [9.17, 15) is 9.90 Å². The number of aromatic nitrogens is 1. The fourth-order valence-corrected chi connectivity index (χ4v) is 3.66. The molecule has 1 aliphatic rings. The molecule has 0 spiro atoms. The first kappa shape index (κ1) is 17.5. The van der Waals surface area contributed by atoms with Gasteiger partial charge in [-0.2, -0.15) is 0 Å². The van der Waals surface area contributed by atoms with Crippen molar-refractivity contribution < 1.29 is 14.3 Å². The molecule has 5 nitrogen and oxygen atoms in total. The van der Waals surface area contributed by atoms with Gasteiger partial charge in [0.25, 0.3) is 5.91 Å². The average Bonchev–Trinajstić information content (AvgIpc) is 3.28. The summed E-state index contributed by atoms with van der Waals surface area (Å²) in [5.74, 6) is 0.904. The van der Waals surface area contributed by atoms with Gasteiger partial charge in [-0.15, -0.1) is 0 Å². The Bertz CT molecular complexity index is 868. The van der Waals surface area contributed by atoms with Crippen LogP contribution in [0.4, 0.5) is 0 Å². The third-order valence-corrected chi connectivity index (χ3v) is 5.26. The zero-order valence-electron chi connectivity index (χ0n) is 15.0. The molecule has 0 saturated carbocycles. The molecule has 0 radical (unpaired) electrons. The molecule has 3 aromatic rings. The zero-order chi connectivity index (χ0) is 18.6. The van der Waals surface area contributed by atoms with E-state index in [0.717, 1.165) is 24.0 Å². The summed E-state index contributed by atoms with van der Waals surface area (Å²) in [5, 5.41) is 10.6. The van der Waals surface area contributed by atoms with E-state index in [4.69, 9.17) is 4.42 Å². The number of nitrogens with zero attached hydrogens (tertiary/aromatic N) is 2. The van der Waals surface area contributed by atoms with E-state index < -0.39 is 6.10 Å². The van der Waals surface area contributed by atoms with Gasteiger partial charge in [0.2, 0.25) is 0 Å². The minimum absolute atomic E-state index is 0.0340. The van der Waals surface area contributed by atoms with Gasteiger partial charge in [-0.1, -0.05) is 42.5 Å². The number of aliphatic hydroxyl groups is 1. The lowest BCUT2D eigenvalue weighted by atomic mass is 9.87. The first-order valence-corrected chi connectivity index (χ1v) is 9.23. The molecule has 5 heteroatoms. The molecule has 0 aliphatic carbocycles. The van der Waals surface area contributed by atoms with E-state index in [2.05, 4.69) is 4.98 Å². The number of hydrogen-bond acceptors (Lipinski definition) is 4. The summed E-state index contributed by atoms with van der Waals surface area (Å²) in [6, 6.07) is 17.1. The Kier molecular flexibility index (Phi) is 5.03. The molecule has 138 valence electrons. The van der Waals surface area contributed by atoms with Gasteiger partial charge < -0.3 is 14.4 Å². The largest absolute Gasteiger partial charge is 0.444 e. The lowest BCUT2D eigenvalue weighted by molar-refractivity contribution is 0.0462. The third kappa shape index (κ3) is 3.78. The number of carbonyl (C=O) groups is 1. The summed E-state index contributed by atoms with van der Waals surface area (Å²) < 4.78 is 5.28. The molecule has 1 saturated heterocycles. The predicted octanol–water partition coefficient (Wildman–Crippen LogP) is 3.93. The standard InChI is InChI=1S/C22H22N2O3/c25-21(17-4-2-1-3-5-17)18-10-12-24(13-11-18)22(26)19-8-6-16(7-9-19)20-14-23-15-27-20/h1-9,14-15,18,21,25H,10-13H2/t21-/m1/s1. The molecule has 1 amide bonds. The molecular formula is C22H22N2O3. The Hall–Kier alpha value is -2.92. The van der Waals surface area contributed by atoms with Crippen molar-refractivity contribution in [1.82, 2.24) is 9.88 Å². The van der Waals surface area contributed by atoms with Gasteiger partial charge in [0.15, 0.2) is 12.2 Å². The molecule has 0 bridgehead atoms. The van der Waals surface area contributed by atoms with Gasteiger partial charge in [-0.05, 0) is 36.5 Å². The summed E-state index contributed by atoms with van der Waals surface area (Å²) in [5.41, 5.74) is 2.51. The summed E-state index contributed by atoms with van der Waals surface area (Å²) in [7, 11) is 0. The highest BCUT2D eigenvalue weighted by Crippen LogP contribution is 2.31. The molecular weight excluding hydrogens is 340 g/mol. The van der Waals surface area contributed by atoms with Crippen LogP contribution >= 0.6 is 0 Å². The number of carbonyl (C=O) groups excluding carboxylic acids is 1. The lowest BCUT2D eigenvalue weighted by Gasteiger charge is -2.34. The predicted molar refractivity (Wildman–Crippen MR) is 102 cm³/mol. The van der Waals surface area contributed by atoms with Gasteiger partial charge in [-0.3, -0.25) is 4.79 Å². The van der Waals surface area contributed by atoms with Crippen LogP contribution in [-0.2, 0) is 0 Å². The molecule has 1 aliphatic heterocycles. The van der Waals surface area contributed by atoms with E-state index in [1.54, 1.807) is 6.20 Å². The summed E-state index contributed by atoms with van der Waals surface area (Å²) >= 11 is 0. The summed E-state index contributed by atoms with van der Waals surface area (Å²) in [6.45, 7) is 1.33. The van der Waals surface area contributed by atoms with Crippen LogP contribution in [0.25, 0.3) is 11.3 Å². The second-order valence-electron chi connectivity index (χ2n) is 6.93. The topological polar surface area (TPSA) is 66.6 Å². The number of piperidine rings is 1. The maximum absolute atomic E-state index is 12.8. The molecule has 2 heterocycles. The maximum atomic E-state index is 12.8. The van der Waals surface area contributed by atoms with Gasteiger partial charge in [0.1, 0.15) is 0 Å². The normalized spacial score (nSPS) is 16.3. The minimum Gasteiger partial charge on any atom is -0.444 e.